The van der Waals surface area contributed by atoms with Crippen LogP contribution in [0.25, 0.3) is 0 Å². The van der Waals surface area contributed by atoms with E-state index < -0.39 is 16.4 Å². The van der Waals surface area contributed by atoms with Gasteiger partial charge < -0.3 is 15.4 Å². The number of hydrogen-bond donors (Lipinski definition) is 2. The minimum Gasteiger partial charge on any atom is -0.492 e. The van der Waals surface area contributed by atoms with Gasteiger partial charge in [-0.2, -0.15) is 4.39 Å². The number of nitro benzene ring substituents is 1. The van der Waals surface area contributed by atoms with Crippen molar-refractivity contribution in [2.75, 3.05) is 25.0 Å². The Labute approximate surface area is 144 Å². The van der Waals surface area contributed by atoms with Crippen molar-refractivity contribution in [3.05, 3.63) is 64.0 Å². The topological polar surface area (TPSA) is 93.5 Å². The van der Waals surface area contributed by atoms with E-state index in [1.54, 1.807) is 0 Å². The number of halogens is 1. The van der Waals surface area contributed by atoms with Crippen LogP contribution in [0.5, 0.6) is 5.75 Å². The number of carbonyl (C=O) groups excluding carboxylic acids is 1. The average molecular weight is 347 g/mol. The molecular formula is C17H18FN3O4. The molecule has 1 amide bonds. The highest BCUT2D eigenvalue weighted by Crippen LogP contribution is 2.21. The number of hydrogen-bond acceptors (Lipinski definition) is 5. The smallest absolute Gasteiger partial charge is 0.306 e. The molecule has 0 saturated heterocycles. The largest absolute Gasteiger partial charge is 0.492 e. The van der Waals surface area contributed by atoms with Gasteiger partial charge in [0, 0.05) is 11.8 Å². The second-order valence-electron chi connectivity index (χ2n) is 5.29. The molecule has 2 aromatic rings. The van der Waals surface area contributed by atoms with Gasteiger partial charge in [0.25, 0.3) is 0 Å². The second kappa shape index (κ2) is 8.62. The van der Waals surface area contributed by atoms with Gasteiger partial charge in [-0.3, -0.25) is 14.9 Å². The Morgan fingerprint density at radius 3 is 2.80 bits per heavy atom. The number of ether oxygens (including phenoxy) is 1. The summed E-state index contributed by atoms with van der Waals surface area (Å²) in [6.45, 7) is 2.50. The van der Waals surface area contributed by atoms with Crippen molar-refractivity contribution in [3.8, 4) is 5.75 Å². The van der Waals surface area contributed by atoms with E-state index in [0.29, 0.717) is 18.8 Å². The van der Waals surface area contributed by atoms with Crippen LogP contribution >= 0.6 is 0 Å². The maximum absolute atomic E-state index is 13.2. The van der Waals surface area contributed by atoms with E-state index in [4.69, 9.17) is 4.74 Å². The van der Waals surface area contributed by atoms with Crippen molar-refractivity contribution in [2.45, 2.75) is 6.92 Å². The lowest BCUT2D eigenvalue weighted by Crippen LogP contribution is -2.33. The maximum atomic E-state index is 13.2. The zero-order valence-corrected chi connectivity index (χ0v) is 13.6. The van der Waals surface area contributed by atoms with E-state index in [9.17, 15) is 19.3 Å². The van der Waals surface area contributed by atoms with Gasteiger partial charge in [0.1, 0.15) is 12.4 Å². The molecule has 0 fully saturated rings. The summed E-state index contributed by atoms with van der Waals surface area (Å²) in [5.74, 6) is -0.501. The number of nitro groups is 1. The third-order valence-corrected chi connectivity index (χ3v) is 3.28. The van der Waals surface area contributed by atoms with E-state index in [0.717, 1.165) is 23.4 Å². The van der Waals surface area contributed by atoms with Crippen molar-refractivity contribution in [2.24, 2.45) is 0 Å². The summed E-state index contributed by atoms with van der Waals surface area (Å²) in [5, 5.41) is 16.0. The number of benzene rings is 2. The van der Waals surface area contributed by atoms with Crippen LogP contribution in [0.1, 0.15) is 5.56 Å². The molecule has 2 N–H and O–H groups in total. The number of nitrogens with zero attached hydrogens (tertiary/aromatic N) is 1. The second-order valence-corrected chi connectivity index (χ2v) is 5.29. The van der Waals surface area contributed by atoms with Crippen molar-refractivity contribution in [1.82, 2.24) is 5.32 Å². The normalized spacial score (nSPS) is 10.2. The van der Waals surface area contributed by atoms with E-state index in [2.05, 4.69) is 10.6 Å². The molecule has 0 saturated carbocycles. The molecule has 0 aliphatic heterocycles. The summed E-state index contributed by atoms with van der Waals surface area (Å²) in [5.41, 5.74) is 0.732. The molecule has 25 heavy (non-hydrogen) atoms. The summed E-state index contributed by atoms with van der Waals surface area (Å²) in [6, 6.07) is 10.9. The van der Waals surface area contributed by atoms with Gasteiger partial charge in [-0.1, -0.05) is 12.1 Å². The number of amides is 1. The van der Waals surface area contributed by atoms with Crippen LogP contribution < -0.4 is 15.4 Å². The highest BCUT2D eigenvalue weighted by Gasteiger charge is 2.14. The third kappa shape index (κ3) is 5.76. The fourth-order valence-corrected chi connectivity index (χ4v) is 2.07. The van der Waals surface area contributed by atoms with Gasteiger partial charge in [-0.15, -0.1) is 0 Å². The highest BCUT2D eigenvalue weighted by atomic mass is 19.1. The van der Waals surface area contributed by atoms with Crippen LogP contribution in [0.2, 0.25) is 0 Å². The minimum atomic E-state index is -0.923. The molecule has 0 radical (unpaired) electrons. The van der Waals surface area contributed by atoms with Gasteiger partial charge in [-0.25, -0.2) is 0 Å². The molecule has 0 atom stereocenters. The molecule has 2 rings (SSSR count). The highest BCUT2D eigenvalue weighted by molar-refractivity contribution is 5.80. The summed E-state index contributed by atoms with van der Waals surface area (Å²) < 4.78 is 18.7. The van der Waals surface area contributed by atoms with Crippen molar-refractivity contribution in [3.63, 3.8) is 0 Å². The number of carbonyl (C=O) groups is 1. The molecule has 8 heteroatoms. The molecule has 0 aromatic heterocycles. The molecule has 0 unspecified atom stereocenters. The zero-order chi connectivity index (χ0) is 18.2. The SMILES string of the molecule is Cc1cccc(OCCNC(=O)CNc2ccc(F)c([N+](=O)[O-])c2)c1. The van der Waals surface area contributed by atoms with Gasteiger partial charge >= 0.3 is 5.69 Å². The quantitative estimate of drug-likeness (QED) is 0.435. The van der Waals surface area contributed by atoms with E-state index in [1.165, 1.54) is 6.07 Å². The molecular weight excluding hydrogens is 329 g/mol. The fourth-order valence-electron chi connectivity index (χ4n) is 2.07. The summed E-state index contributed by atoms with van der Waals surface area (Å²) in [7, 11) is 0. The van der Waals surface area contributed by atoms with E-state index in [1.807, 2.05) is 31.2 Å². The Kier molecular flexibility index (Phi) is 6.27. The van der Waals surface area contributed by atoms with Gasteiger partial charge in [0.05, 0.1) is 18.0 Å². The van der Waals surface area contributed by atoms with Gasteiger partial charge in [-0.05, 0) is 36.8 Å². The summed E-state index contributed by atoms with van der Waals surface area (Å²) in [4.78, 5) is 21.6. The standard InChI is InChI=1S/C17H18FN3O4/c1-12-3-2-4-14(9-12)25-8-7-19-17(22)11-20-13-5-6-15(18)16(10-13)21(23)24/h2-6,9-10,20H,7-8,11H2,1H3,(H,19,22). The van der Waals surface area contributed by atoms with Crippen molar-refractivity contribution < 1.29 is 18.8 Å². The first-order chi connectivity index (χ1) is 12.0. The maximum Gasteiger partial charge on any atom is 0.306 e. The first-order valence-corrected chi connectivity index (χ1v) is 7.59. The first-order valence-electron chi connectivity index (χ1n) is 7.59. The Bertz CT molecular complexity index is 767. The molecule has 0 heterocycles. The van der Waals surface area contributed by atoms with Crippen LogP contribution in [0.15, 0.2) is 42.5 Å². The molecule has 7 nitrogen and oxygen atoms in total. The lowest BCUT2D eigenvalue weighted by atomic mass is 10.2. The monoisotopic (exact) mass is 347 g/mol. The van der Waals surface area contributed by atoms with Crippen LogP contribution in [0, 0.1) is 22.9 Å². The Morgan fingerprint density at radius 1 is 1.28 bits per heavy atom. The summed E-state index contributed by atoms with van der Waals surface area (Å²) in [6.07, 6.45) is 0. The number of aryl methyl sites for hydroxylation is 1. The van der Waals surface area contributed by atoms with Crippen LogP contribution in [-0.4, -0.2) is 30.5 Å². The van der Waals surface area contributed by atoms with Crippen LogP contribution in [0.4, 0.5) is 15.8 Å². The number of anilines is 1. The van der Waals surface area contributed by atoms with E-state index >= 15 is 0 Å². The third-order valence-electron chi connectivity index (χ3n) is 3.28. The lowest BCUT2D eigenvalue weighted by Gasteiger charge is -2.09. The summed E-state index contributed by atoms with van der Waals surface area (Å²) >= 11 is 0. The molecule has 0 bridgehead atoms. The minimum absolute atomic E-state index is 0.0900. The average Bonchev–Trinajstić information content (AvgIpc) is 2.58. The molecule has 2 aromatic carbocycles. The van der Waals surface area contributed by atoms with Crippen molar-refractivity contribution in [1.29, 1.82) is 0 Å². The van der Waals surface area contributed by atoms with Crippen molar-refractivity contribution >= 4 is 17.3 Å². The molecule has 0 aliphatic rings. The lowest BCUT2D eigenvalue weighted by molar-refractivity contribution is -0.387. The zero-order valence-electron chi connectivity index (χ0n) is 13.6. The van der Waals surface area contributed by atoms with Crippen LogP contribution in [0.3, 0.4) is 0 Å². The Morgan fingerprint density at radius 2 is 2.08 bits per heavy atom. The Balaban J connectivity index is 1.72. The predicted octanol–water partition coefficient (Wildman–Crippen LogP) is 2.65. The fraction of sp³-hybridized carbons (Fsp3) is 0.235. The molecule has 0 spiro atoms. The molecule has 0 aliphatic carbocycles. The number of nitrogens with one attached hydrogen (secondary N) is 2. The molecule has 132 valence electrons. The first kappa shape index (κ1) is 18.2. The Hall–Kier alpha value is -3.16. The van der Waals surface area contributed by atoms with Gasteiger partial charge in [0.15, 0.2) is 0 Å². The van der Waals surface area contributed by atoms with E-state index in [-0.39, 0.29) is 12.5 Å². The predicted molar refractivity (Wildman–Crippen MR) is 91.2 cm³/mol. The van der Waals surface area contributed by atoms with Crippen LogP contribution in [-0.2, 0) is 4.79 Å². The van der Waals surface area contributed by atoms with Gasteiger partial charge in [0.2, 0.25) is 11.7 Å². The number of rotatable bonds is 8.